The molecule has 0 bridgehead atoms. The molecular formula is C29H35N3O5. The number of hydrogen-bond acceptors (Lipinski definition) is 4. The molecule has 0 spiro atoms. The van der Waals surface area contributed by atoms with Crippen molar-refractivity contribution in [2.24, 2.45) is 0 Å². The zero-order valence-corrected chi connectivity index (χ0v) is 22.1. The minimum Gasteiger partial charge on any atom is -0.496 e. The summed E-state index contributed by atoms with van der Waals surface area (Å²) in [7, 11) is 4.96. The van der Waals surface area contributed by atoms with Gasteiger partial charge in [-0.3, -0.25) is 9.59 Å². The number of nitrogens with zero attached hydrogens (tertiary/aromatic N) is 1. The van der Waals surface area contributed by atoms with Crippen molar-refractivity contribution in [2.45, 2.75) is 39.0 Å². The number of hydrogen-bond donors (Lipinski definition) is 3. The van der Waals surface area contributed by atoms with Gasteiger partial charge in [0.2, 0.25) is 11.8 Å². The van der Waals surface area contributed by atoms with Gasteiger partial charge < -0.3 is 25.0 Å². The van der Waals surface area contributed by atoms with Gasteiger partial charge in [-0.1, -0.05) is 19.1 Å². The standard InChI is InChI=1S/C29H35N3O5/c1-6-13-30-28(34)18(2)14-19-7-11-25-23(15-19)24(17-31-25)21(10-12-27(33)32(3)4)22-9-8-20(29(35)36)16-26(22)37-5/h7-9,11,14-17,21,31H,6,10,12-13H2,1-5H3,(H,30,34)(H,35,36). The van der Waals surface area contributed by atoms with Crippen molar-refractivity contribution < 1.29 is 24.2 Å². The van der Waals surface area contributed by atoms with Crippen molar-refractivity contribution in [1.82, 2.24) is 15.2 Å². The fourth-order valence-corrected chi connectivity index (χ4v) is 4.33. The van der Waals surface area contributed by atoms with E-state index in [0.29, 0.717) is 30.7 Å². The third-order valence-electron chi connectivity index (χ3n) is 6.39. The normalized spacial score (nSPS) is 12.3. The van der Waals surface area contributed by atoms with E-state index in [9.17, 15) is 19.5 Å². The van der Waals surface area contributed by atoms with Crippen molar-refractivity contribution in [3.63, 3.8) is 0 Å². The second kappa shape index (κ2) is 12.3. The van der Waals surface area contributed by atoms with Crippen LogP contribution in [0.5, 0.6) is 5.75 Å². The van der Waals surface area contributed by atoms with Gasteiger partial charge in [0.05, 0.1) is 12.7 Å². The first-order valence-electron chi connectivity index (χ1n) is 12.3. The van der Waals surface area contributed by atoms with Gasteiger partial charge in [0.1, 0.15) is 5.75 Å². The maximum atomic E-state index is 12.5. The molecule has 1 unspecified atom stereocenters. The third kappa shape index (κ3) is 6.58. The molecule has 8 heteroatoms. The van der Waals surface area contributed by atoms with E-state index in [4.69, 9.17) is 4.74 Å². The molecule has 8 nitrogen and oxygen atoms in total. The number of fused-ring (bicyclic) bond motifs is 1. The first kappa shape index (κ1) is 27.5. The fraction of sp³-hybridized carbons (Fsp3) is 0.345. The Labute approximate surface area is 217 Å². The van der Waals surface area contributed by atoms with Crippen LogP contribution in [-0.2, 0) is 9.59 Å². The number of rotatable bonds is 11. The summed E-state index contributed by atoms with van der Waals surface area (Å²) in [5.74, 6) is -0.909. The lowest BCUT2D eigenvalue weighted by molar-refractivity contribution is -0.128. The Morgan fingerprint density at radius 2 is 1.89 bits per heavy atom. The van der Waals surface area contributed by atoms with E-state index in [1.54, 1.807) is 38.1 Å². The lowest BCUT2D eigenvalue weighted by Crippen LogP contribution is -2.24. The Morgan fingerprint density at radius 3 is 2.54 bits per heavy atom. The van der Waals surface area contributed by atoms with E-state index in [-0.39, 0.29) is 23.3 Å². The molecule has 3 rings (SSSR count). The van der Waals surface area contributed by atoms with E-state index in [0.717, 1.165) is 34.0 Å². The smallest absolute Gasteiger partial charge is 0.335 e. The van der Waals surface area contributed by atoms with Crippen molar-refractivity contribution in [2.75, 3.05) is 27.7 Å². The first-order valence-corrected chi connectivity index (χ1v) is 12.3. The molecule has 3 N–H and O–H groups in total. The number of carboxylic acid groups (broad SMARTS) is 1. The number of carbonyl (C=O) groups is 3. The number of H-pyrrole nitrogens is 1. The Balaban J connectivity index is 2.09. The highest BCUT2D eigenvalue weighted by Gasteiger charge is 2.24. The average molecular weight is 506 g/mol. The summed E-state index contributed by atoms with van der Waals surface area (Å²) in [6.07, 6.45) is 5.46. The molecule has 0 aliphatic rings. The van der Waals surface area contributed by atoms with Gasteiger partial charge in [0, 0.05) is 61.2 Å². The summed E-state index contributed by atoms with van der Waals surface area (Å²) < 4.78 is 5.59. The quantitative estimate of drug-likeness (QED) is 0.324. The van der Waals surface area contributed by atoms with Crippen LogP contribution in [0.3, 0.4) is 0 Å². The molecule has 0 saturated carbocycles. The summed E-state index contributed by atoms with van der Waals surface area (Å²) >= 11 is 0. The Bertz CT molecular complexity index is 1320. The van der Waals surface area contributed by atoms with Crippen LogP contribution < -0.4 is 10.1 Å². The molecule has 0 aliphatic carbocycles. The number of nitrogens with one attached hydrogen (secondary N) is 2. The van der Waals surface area contributed by atoms with E-state index >= 15 is 0 Å². The second-order valence-electron chi connectivity index (χ2n) is 9.27. The maximum absolute atomic E-state index is 12.5. The third-order valence-corrected chi connectivity index (χ3v) is 6.39. The predicted molar refractivity (Wildman–Crippen MR) is 145 cm³/mol. The highest BCUT2D eigenvalue weighted by molar-refractivity contribution is 5.98. The van der Waals surface area contributed by atoms with Crippen LogP contribution in [0.25, 0.3) is 17.0 Å². The molecule has 0 saturated heterocycles. The lowest BCUT2D eigenvalue weighted by Gasteiger charge is -2.21. The monoisotopic (exact) mass is 505 g/mol. The summed E-state index contributed by atoms with van der Waals surface area (Å²) in [5, 5.41) is 13.3. The summed E-state index contributed by atoms with van der Waals surface area (Å²) in [4.78, 5) is 41.2. The highest BCUT2D eigenvalue weighted by Crippen LogP contribution is 2.39. The maximum Gasteiger partial charge on any atom is 0.335 e. The molecule has 2 aromatic carbocycles. The lowest BCUT2D eigenvalue weighted by atomic mass is 9.85. The van der Waals surface area contributed by atoms with Crippen molar-refractivity contribution in [3.05, 3.63) is 70.4 Å². The number of aromatic carboxylic acids is 1. The van der Waals surface area contributed by atoms with Gasteiger partial charge in [0.15, 0.2) is 0 Å². The Kier molecular flexibility index (Phi) is 9.11. The van der Waals surface area contributed by atoms with Crippen LogP contribution in [0.1, 0.15) is 66.1 Å². The number of methoxy groups -OCH3 is 1. The molecule has 0 fully saturated rings. The number of carbonyl (C=O) groups excluding carboxylic acids is 2. The van der Waals surface area contributed by atoms with E-state index in [2.05, 4.69) is 10.3 Å². The average Bonchev–Trinajstić information content (AvgIpc) is 3.30. The Morgan fingerprint density at radius 1 is 1.14 bits per heavy atom. The molecule has 37 heavy (non-hydrogen) atoms. The molecule has 1 atom stereocenters. The molecule has 2 amide bonds. The molecule has 0 radical (unpaired) electrons. The van der Waals surface area contributed by atoms with E-state index in [1.807, 2.05) is 37.4 Å². The van der Waals surface area contributed by atoms with Crippen molar-refractivity contribution >= 4 is 34.8 Å². The zero-order chi connectivity index (χ0) is 27.1. The second-order valence-corrected chi connectivity index (χ2v) is 9.27. The number of aromatic amines is 1. The number of aromatic nitrogens is 1. The van der Waals surface area contributed by atoms with Gasteiger partial charge in [-0.25, -0.2) is 4.79 Å². The minimum absolute atomic E-state index is 0.00306. The van der Waals surface area contributed by atoms with Crippen molar-refractivity contribution in [1.29, 1.82) is 0 Å². The topological polar surface area (TPSA) is 112 Å². The van der Waals surface area contributed by atoms with Gasteiger partial charge in [-0.2, -0.15) is 0 Å². The summed E-state index contributed by atoms with van der Waals surface area (Å²) in [6, 6.07) is 10.8. The van der Waals surface area contributed by atoms with Gasteiger partial charge in [0.25, 0.3) is 0 Å². The van der Waals surface area contributed by atoms with Crippen LogP contribution in [0.15, 0.2) is 48.2 Å². The predicted octanol–water partition coefficient (Wildman–Crippen LogP) is 4.80. The van der Waals surface area contributed by atoms with Crippen LogP contribution in [0, 0.1) is 0 Å². The summed E-state index contributed by atoms with van der Waals surface area (Å²) in [6.45, 7) is 4.42. The number of carboxylic acids is 1. The molecule has 1 heterocycles. The van der Waals surface area contributed by atoms with Gasteiger partial charge in [-0.15, -0.1) is 0 Å². The first-order chi connectivity index (χ1) is 17.7. The SMILES string of the molecule is CCCNC(=O)C(C)=Cc1ccc2[nH]cc(C(CCC(=O)N(C)C)c3ccc(C(=O)O)cc3OC)c2c1. The zero-order valence-electron chi connectivity index (χ0n) is 22.1. The number of amides is 2. The van der Waals surface area contributed by atoms with E-state index in [1.165, 1.54) is 13.2 Å². The van der Waals surface area contributed by atoms with Crippen LogP contribution in [0.4, 0.5) is 0 Å². The number of benzene rings is 2. The molecule has 1 aromatic heterocycles. The Hall–Kier alpha value is -4.07. The van der Waals surface area contributed by atoms with Gasteiger partial charge >= 0.3 is 5.97 Å². The highest BCUT2D eigenvalue weighted by atomic mass is 16.5. The molecule has 0 aliphatic heterocycles. The summed E-state index contributed by atoms with van der Waals surface area (Å²) in [5.41, 5.74) is 4.32. The van der Waals surface area contributed by atoms with E-state index < -0.39 is 5.97 Å². The molecule has 196 valence electrons. The van der Waals surface area contributed by atoms with Crippen LogP contribution in [-0.4, -0.2) is 60.5 Å². The molecule has 3 aromatic rings. The number of ether oxygens (including phenoxy) is 1. The minimum atomic E-state index is -1.04. The van der Waals surface area contributed by atoms with Crippen LogP contribution >= 0.6 is 0 Å². The molecular weight excluding hydrogens is 470 g/mol. The van der Waals surface area contributed by atoms with Gasteiger partial charge in [-0.05, 0) is 61.2 Å². The largest absolute Gasteiger partial charge is 0.496 e. The fourth-order valence-electron chi connectivity index (χ4n) is 4.33. The van der Waals surface area contributed by atoms with Crippen LogP contribution in [0.2, 0.25) is 0 Å². The van der Waals surface area contributed by atoms with Crippen molar-refractivity contribution in [3.8, 4) is 5.75 Å².